The van der Waals surface area contributed by atoms with Crippen LogP contribution in [0.2, 0.25) is 0 Å². The summed E-state index contributed by atoms with van der Waals surface area (Å²) in [4.78, 5) is 25.1. The van der Waals surface area contributed by atoms with Crippen LogP contribution < -0.4 is 10.8 Å². The summed E-state index contributed by atoms with van der Waals surface area (Å²) in [6.45, 7) is 0. The normalized spacial score (nSPS) is 11.7. The van der Waals surface area contributed by atoms with Crippen LogP contribution in [0.15, 0.2) is 66.7 Å². The highest BCUT2D eigenvalue weighted by Gasteiger charge is 2.23. The molecule has 0 heterocycles. The van der Waals surface area contributed by atoms with Crippen LogP contribution in [0.1, 0.15) is 15.9 Å². The molecule has 154 valence electrons. The fourth-order valence-corrected chi connectivity index (χ4v) is 3.32. The molecule has 0 saturated heterocycles. The van der Waals surface area contributed by atoms with Crippen LogP contribution in [0.3, 0.4) is 0 Å². The minimum Gasteiger partial charge on any atom is -0.467 e. The summed E-state index contributed by atoms with van der Waals surface area (Å²) in [6.07, 6.45) is 0.302. The first-order valence-corrected chi connectivity index (χ1v) is 9.57. The Hall–Kier alpha value is -3.16. The fourth-order valence-electron chi connectivity index (χ4n) is 3.32. The molecule has 6 nitrogen and oxygen atoms in total. The van der Waals surface area contributed by atoms with Gasteiger partial charge in [-0.1, -0.05) is 54.6 Å². The van der Waals surface area contributed by atoms with Gasteiger partial charge in [0.15, 0.2) is 0 Å². The third-order valence-corrected chi connectivity index (χ3v) is 4.92. The highest BCUT2D eigenvalue weighted by molar-refractivity contribution is 6.61. The van der Waals surface area contributed by atoms with Gasteiger partial charge in [-0.25, -0.2) is 4.79 Å². The zero-order chi connectivity index (χ0) is 21.5. The van der Waals surface area contributed by atoms with Crippen molar-refractivity contribution in [2.45, 2.75) is 12.5 Å². The first kappa shape index (κ1) is 21.6. The molecule has 30 heavy (non-hydrogen) atoms. The average molecular weight is 405 g/mol. The van der Waals surface area contributed by atoms with Crippen LogP contribution >= 0.6 is 0 Å². The third-order valence-electron chi connectivity index (χ3n) is 4.92. The van der Waals surface area contributed by atoms with Gasteiger partial charge >= 0.3 is 13.1 Å². The second kappa shape index (κ2) is 10.0. The molecule has 0 aliphatic rings. The number of hydrogen-bond acceptors (Lipinski definition) is 5. The van der Waals surface area contributed by atoms with E-state index in [1.165, 1.54) is 7.11 Å². The number of benzene rings is 3. The van der Waals surface area contributed by atoms with Gasteiger partial charge in [-0.05, 0) is 33.9 Å². The smallest absolute Gasteiger partial charge is 0.467 e. The first-order chi connectivity index (χ1) is 14.5. The topological polar surface area (TPSA) is 73.9 Å². The van der Waals surface area contributed by atoms with Crippen molar-refractivity contribution < 1.29 is 23.6 Å². The fraction of sp³-hybridized carbons (Fsp3) is 0.217. The number of esters is 1. The zero-order valence-electron chi connectivity index (χ0n) is 17.3. The van der Waals surface area contributed by atoms with Crippen LogP contribution in [0.4, 0.5) is 0 Å². The molecule has 0 aliphatic carbocycles. The van der Waals surface area contributed by atoms with Gasteiger partial charge in [0, 0.05) is 26.2 Å². The van der Waals surface area contributed by atoms with Gasteiger partial charge in [-0.2, -0.15) is 0 Å². The number of nitrogens with one attached hydrogen (secondary N) is 1. The van der Waals surface area contributed by atoms with E-state index in [1.54, 1.807) is 20.3 Å². The second-order valence-electron chi connectivity index (χ2n) is 6.86. The van der Waals surface area contributed by atoms with Crippen molar-refractivity contribution in [2.24, 2.45) is 0 Å². The Morgan fingerprint density at radius 1 is 0.900 bits per heavy atom. The van der Waals surface area contributed by atoms with Crippen LogP contribution in [-0.2, 0) is 25.3 Å². The highest BCUT2D eigenvalue weighted by Crippen LogP contribution is 2.16. The molecule has 0 radical (unpaired) electrons. The summed E-state index contributed by atoms with van der Waals surface area (Å²) in [6, 6.07) is 19.9. The number of ether oxygens (including phenoxy) is 1. The molecule has 3 aromatic rings. The standard InChI is InChI=1S/C23H24BNO5/c1-28-23(27)21(14-16-8-12-20(13-9-16)24(29-2)30-3)25-22(26)19-11-10-17-6-4-5-7-18(17)15-19/h4-13,15,21H,14H2,1-3H3,(H,25,26)/t21-/m1/s1. The van der Waals surface area contributed by atoms with Crippen molar-refractivity contribution in [3.63, 3.8) is 0 Å². The zero-order valence-corrected chi connectivity index (χ0v) is 17.3. The van der Waals surface area contributed by atoms with Crippen LogP contribution in [0, 0.1) is 0 Å². The summed E-state index contributed by atoms with van der Waals surface area (Å²) < 4.78 is 15.4. The van der Waals surface area contributed by atoms with Gasteiger partial charge in [0.05, 0.1) is 7.11 Å². The molecule has 0 bridgehead atoms. The van der Waals surface area contributed by atoms with E-state index >= 15 is 0 Å². The van der Waals surface area contributed by atoms with Crippen LogP contribution in [-0.4, -0.2) is 46.4 Å². The molecule has 0 aliphatic heterocycles. The number of carbonyl (C=O) groups is 2. The lowest BCUT2D eigenvalue weighted by Gasteiger charge is -2.17. The monoisotopic (exact) mass is 405 g/mol. The third kappa shape index (κ3) is 5.06. The molecule has 3 rings (SSSR count). The van der Waals surface area contributed by atoms with E-state index in [-0.39, 0.29) is 5.91 Å². The number of hydrogen-bond donors (Lipinski definition) is 1. The van der Waals surface area contributed by atoms with E-state index in [4.69, 9.17) is 14.0 Å². The molecular weight excluding hydrogens is 381 g/mol. The van der Waals surface area contributed by atoms with E-state index in [1.807, 2.05) is 60.7 Å². The maximum atomic E-state index is 12.8. The molecule has 1 amide bonds. The largest absolute Gasteiger partial charge is 0.493 e. The van der Waals surface area contributed by atoms with Gasteiger partial charge in [0.1, 0.15) is 6.04 Å². The second-order valence-corrected chi connectivity index (χ2v) is 6.86. The van der Waals surface area contributed by atoms with Crippen molar-refractivity contribution in [2.75, 3.05) is 21.3 Å². The molecule has 1 N–H and O–H groups in total. The summed E-state index contributed by atoms with van der Waals surface area (Å²) in [5.41, 5.74) is 2.22. The van der Waals surface area contributed by atoms with Crippen molar-refractivity contribution >= 4 is 35.2 Å². The van der Waals surface area contributed by atoms with Crippen LogP contribution in [0.5, 0.6) is 0 Å². The van der Waals surface area contributed by atoms with E-state index in [0.717, 1.165) is 21.8 Å². The first-order valence-electron chi connectivity index (χ1n) is 9.57. The minimum absolute atomic E-state index is 0.302. The van der Waals surface area contributed by atoms with Gasteiger partial charge in [-0.15, -0.1) is 0 Å². The Balaban J connectivity index is 1.75. The van der Waals surface area contributed by atoms with Gasteiger partial charge < -0.3 is 19.4 Å². The predicted molar refractivity (Wildman–Crippen MR) is 117 cm³/mol. The minimum atomic E-state index is -0.805. The van der Waals surface area contributed by atoms with Crippen LogP contribution in [0.25, 0.3) is 10.8 Å². The molecule has 0 saturated carbocycles. The Labute approximate surface area is 176 Å². The van der Waals surface area contributed by atoms with E-state index in [2.05, 4.69) is 5.32 Å². The number of amides is 1. The molecule has 3 aromatic carbocycles. The lowest BCUT2D eigenvalue weighted by molar-refractivity contribution is -0.142. The molecular formula is C23H24BNO5. The van der Waals surface area contributed by atoms with E-state index in [9.17, 15) is 9.59 Å². The SMILES string of the molecule is COB(OC)c1ccc(C[C@@H](NC(=O)c2ccc3ccccc3c2)C(=O)OC)cc1. The molecule has 1 atom stereocenters. The summed E-state index contributed by atoms with van der Waals surface area (Å²) in [7, 11) is 3.99. The molecule has 0 fully saturated rings. The Bertz CT molecular complexity index is 1020. The lowest BCUT2D eigenvalue weighted by Crippen LogP contribution is -2.43. The molecule has 0 aromatic heterocycles. The van der Waals surface area contributed by atoms with Gasteiger partial charge in [-0.3, -0.25) is 4.79 Å². The van der Waals surface area contributed by atoms with Gasteiger partial charge in [0.25, 0.3) is 5.91 Å². The summed E-state index contributed by atoms with van der Waals surface area (Å²) in [5.74, 6) is -0.827. The van der Waals surface area contributed by atoms with E-state index < -0.39 is 19.1 Å². The van der Waals surface area contributed by atoms with Crippen molar-refractivity contribution in [3.05, 3.63) is 77.9 Å². The number of rotatable bonds is 8. The maximum Gasteiger partial charge on any atom is 0.493 e. The summed E-state index contributed by atoms with van der Waals surface area (Å²) >= 11 is 0. The van der Waals surface area contributed by atoms with Crippen molar-refractivity contribution in [3.8, 4) is 0 Å². The molecule has 0 unspecified atom stereocenters. The number of fused-ring (bicyclic) bond motifs is 1. The van der Waals surface area contributed by atoms with E-state index in [0.29, 0.717) is 12.0 Å². The van der Waals surface area contributed by atoms with Gasteiger partial charge in [0.2, 0.25) is 0 Å². The highest BCUT2D eigenvalue weighted by atomic mass is 16.6. The Morgan fingerprint density at radius 3 is 2.20 bits per heavy atom. The maximum absolute atomic E-state index is 12.8. The Kier molecular flexibility index (Phi) is 7.22. The lowest BCUT2D eigenvalue weighted by atomic mass is 9.78. The Morgan fingerprint density at radius 2 is 1.57 bits per heavy atom. The average Bonchev–Trinajstić information content (AvgIpc) is 2.79. The predicted octanol–water partition coefficient (Wildman–Crippen LogP) is 2.34. The quantitative estimate of drug-likeness (QED) is 0.460. The van der Waals surface area contributed by atoms with Crippen molar-refractivity contribution in [1.82, 2.24) is 5.32 Å². The molecule has 0 spiro atoms. The van der Waals surface area contributed by atoms with Crippen molar-refractivity contribution in [1.29, 1.82) is 0 Å². The number of carbonyl (C=O) groups excluding carboxylic acids is 2. The summed E-state index contributed by atoms with van der Waals surface area (Å²) in [5, 5.41) is 4.80. The number of methoxy groups -OCH3 is 1. The molecule has 7 heteroatoms.